The zero-order chi connectivity index (χ0) is 35.7. The molecule has 3 aromatic carbocycles. The largest absolute Gasteiger partial charge is 0.573 e. The van der Waals surface area contributed by atoms with E-state index < -0.39 is 107 Å². The fourth-order valence-corrected chi connectivity index (χ4v) is 4.90. The average Bonchev–Trinajstić information content (AvgIpc) is 2.96. The highest BCUT2D eigenvalue weighted by molar-refractivity contribution is 5.95. The van der Waals surface area contributed by atoms with Crippen molar-refractivity contribution in [3.63, 3.8) is 0 Å². The summed E-state index contributed by atoms with van der Waals surface area (Å²) in [6.07, 6.45) is -22.4. The summed E-state index contributed by atoms with van der Waals surface area (Å²) in [6, 6.07) is 10.0. The van der Waals surface area contributed by atoms with Gasteiger partial charge in [0.05, 0.1) is 11.1 Å². The number of halogens is 13. The fourth-order valence-electron chi connectivity index (χ4n) is 4.90. The molecule has 0 unspecified atom stereocenters. The van der Waals surface area contributed by atoms with Crippen LogP contribution in [0, 0.1) is 11.6 Å². The van der Waals surface area contributed by atoms with Crippen molar-refractivity contribution in [3.8, 4) is 11.5 Å². The molecule has 0 fully saturated rings. The summed E-state index contributed by atoms with van der Waals surface area (Å²) >= 11 is 0. The van der Waals surface area contributed by atoms with E-state index in [4.69, 9.17) is 0 Å². The minimum atomic E-state index is -5.48. The van der Waals surface area contributed by atoms with Gasteiger partial charge in [-0.3, -0.25) is 4.79 Å². The van der Waals surface area contributed by atoms with E-state index in [9.17, 15) is 57.5 Å². The van der Waals surface area contributed by atoms with Crippen molar-refractivity contribution in [1.82, 2.24) is 5.32 Å². The Morgan fingerprint density at radius 1 is 0.792 bits per heavy atom. The molecule has 258 valence electrons. The average molecular weight is 701 g/mol. The number of carbonyl (C=O) groups excluding carboxylic acids is 1. The van der Waals surface area contributed by atoms with Gasteiger partial charge in [-0.25, -0.2) is 13.2 Å². The van der Waals surface area contributed by atoms with Crippen LogP contribution in [-0.2, 0) is 16.8 Å². The molecule has 0 saturated carbocycles. The molecule has 0 saturated heterocycles. The highest BCUT2D eigenvalue weighted by atomic mass is 19.4. The molecule has 1 aliphatic carbocycles. The quantitative estimate of drug-likeness (QED) is 0.215. The summed E-state index contributed by atoms with van der Waals surface area (Å²) in [5, 5.41) is 2.28. The van der Waals surface area contributed by atoms with Gasteiger partial charge in [0.25, 0.3) is 0 Å². The standard InChI is InChI=1S/C31H20F13NO3/c32-20-11-19(12-21(14-20)47-30(40,41)27(35)36)28(15-16-4-2-1-3-5-16,18-7-9-24(34)25(13-18)48-31(42,43)44)45-26(46)17-6-8-23(33)22(10-17)29(37,38)39/h1-5,7,9-14,27H,6,8,15H2,(H,45,46)/t28-/m1/s1. The lowest BCUT2D eigenvalue weighted by Gasteiger charge is -2.37. The molecule has 0 aliphatic heterocycles. The maximum Gasteiger partial charge on any atom is 0.573 e. The second-order valence-corrected chi connectivity index (χ2v) is 10.3. The minimum absolute atomic E-state index is 0.171. The van der Waals surface area contributed by atoms with Crippen LogP contribution in [0.2, 0.25) is 0 Å². The highest BCUT2D eigenvalue weighted by Gasteiger charge is 2.45. The van der Waals surface area contributed by atoms with E-state index in [1.54, 1.807) is 0 Å². The zero-order valence-corrected chi connectivity index (χ0v) is 23.8. The van der Waals surface area contributed by atoms with Crippen molar-refractivity contribution in [2.24, 2.45) is 0 Å². The van der Waals surface area contributed by atoms with E-state index in [1.807, 2.05) is 0 Å². The van der Waals surface area contributed by atoms with Crippen LogP contribution in [0.15, 0.2) is 89.8 Å². The number of amides is 1. The van der Waals surface area contributed by atoms with Gasteiger partial charge in [0, 0.05) is 24.5 Å². The van der Waals surface area contributed by atoms with E-state index >= 15 is 4.39 Å². The molecular weight excluding hydrogens is 681 g/mol. The summed E-state index contributed by atoms with van der Waals surface area (Å²) in [6.45, 7) is 0. The molecule has 48 heavy (non-hydrogen) atoms. The Labute approximate surface area is 262 Å². The van der Waals surface area contributed by atoms with Crippen LogP contribution in [0.4, 0.5) is 57.1 Å². The van der Waals surface area contributed by atoms with Crippen molar-refractivity contribution in [1.29, 1.82) is 0 Å². The number of alkyl halides is 10. The highest BCUT2D eigenvalue weighted by Crippen LogP contribution is 2.42. The van der Waals surface area contributed by atoms with E-state index in [0.29, 0.717) is 24.3 Å². The number of ether oxygens (including phenoxy) is 2. The van der Waals surface area contributed by atoms with Crippen LogP contribution < -0.4 is 14.8 Å². The van der Waals surface area contributed by atoms with Gasteiger partial charge in [0.15, 0.2) is 11.6 Å². The molecular formula is C31H20F13NO3. The SMILES string of the molecule is O=C(N[C@@](Cc1ccccc1)(c1cc(F)cc(OC(F)(F)C(F)F)c1)c1ccc(F)c(OC(F)(F)F)c1)C1=CC(C(F)(F)F)=C(F)CC1. The number of rotatable bonds is 10. The van der Waals surface area contributed by atoms with Gasteiger partial charge in [-0.15, -0.1) is 13.2 Å². The van der Waals surface area contributed by atoms with Crippen LogP contribution in [0.3, 0.4) is 0 Å². The Morgan fingerprint density at radius 3 is 2.06 bits per heavy atom. The first-order valence-corrected chi connectivity index (χ1v) is 13.4. The molecule has 1 aliphatic rings. The van der Waals surface area contributed by atoms with E-state index in [1.165, 1.54) is 30.3 Å². The Hall–Kier alpha value is -4.70. The smallest absolute Gasteiger partial charge is 0.428 e. The van der Waals surface area contributed by atoms with Crippen LogP contribution >= 0.6 is 0 Å². The Bertz CT molecular complexity index is 1720. The predicted molar refractivity (Wildman–Crippen MR) is 142 cm³/mol. The maximum absolute atomic E-state index is 15.0. The summed E-state index contributed by atoms with van der Waals surface area (Å²) in [4.78, 5) is 13.7. The first kappa shape index (κ1) is 36.1. The lowest BCUT2D eigenvalue weighted by Crippen LogP contribution is -2.49. The van der Waals surface area contributed by atoms with Gasteiger partial charge in [-0.1, -0.05) is 36.4 Å². The summed E-state index contributed by atoms with van der Waals surface area (Å²) in [5.74, 6) is -8.85. The Kier molecular flexibility index (Phi) is 10.1. The number of nitrogens with one attached hydrogen (secondary N) is 1. The third-order valence-electron chi connectivity index (χ3n) is 6.98. The van der Waals surface area contributed by atoms with E-state index in [2.05, 4.69) is 14.8 Å². The zero-order valence-electron chi connectivity index (χ0n) is 23.8. The Morgan fingerprint density at radius 2 is 1.46 bits per heavy atom. The molecule has 0 aromatic heterocycles. The van der Waals surface area contributed by atoms with Crippen molar-refractivity contribution in [3.05, 3.63) is 118 Å². The lowest BCUT2D eigenvalue weighted by atomic mass is 9.77. The molecule has 1 amide bonds. The first-order chi connectivity index (χ1) is 22.2. The molecule has 4 rings (SSSR count). The Balaban J connectivity index is 2.01. The van der Waals surface area contributed by atoms with E-state index in [0.717, 1.165) is 6.07 Å². The number of hydrogen-bond acceptors (Lipinski definition) is 3. The van der Waals surface area contributed by atoms with Gasteiger partial charge >= 0.3 is 25.1 Å². The van der Waals surface area contributed by atoms with E-state index in [-0.39, 0.29) is 17.7 Å². The van der Waals surface area contributed by atoms with Crippen LogP contribution in [0.25, 0.3) is 0 Å². The minimum Gasteiger partial charge on any atom is -0.428 e. The number of allylic oxidation sites excluding steroid dienone is 3. The third-order valence-corrected chi connectivity index (χ3v) is 6.98. The number of carbonyl (C=O) groups is 1. The first-order valence-electron chi connectivity index (χ1n) is 13.4. The maximum atomic E-state index is 15.0. The molecule has 0 bridgehead atoms. The van der Waals surface area contributed by atoms with Crippen molar-refractivity contribution < 1.29 is 71.3 Å². The van der Waals surface area contributed by atoms with Gasteiger partial charge in [-0.2, -0.15) is 30.7 Å². The lowest BCUT2D eigenvalue weighted by molar-refractivity contribution is -0.275. The fraction of sp³-hybridized carbons (Fsp3) is 0.258. The monoisotopic (exact) mass is 701 g/mol. The van der Waals surface area contributed by atoms with Gasteiger partial charge in [-0.05, 0) is 53.5 Å². The van der Waals surface area contributed by atoms with Crippen LogP contribution in [0.5, 0.6) is 11.5 Å². The third kappa shape index (κ3) is 8.41. The predicted octanol–water partition coefficient (Wildman–Crippen LogP) is 9.21. The topological polar surface area (TPSA) is 47.6 Å². The molecule has 1 N–H and O–H groups in total. The molecule has 17 heteroatoms. The second kappa shape index (κ2) is 13.4. The van der Waals surface area contributed by atoms with Gasteiger partial charge in [0.2, 0.25) is 5.91 Å². The second-order valence-electron chi connectivity index (χ2n) is 10.3. The summed E-state index contributed by atoms with van der Waals surface area (Å²) < 4.78 is 185. The van der Waals surface area contributed by atoms with Crippen molar-refractivity contribution in [2.75, 3.05) is 0 Å². The summed E-state index contributed by atoms with van der Waals surface area (Å²) in [5.41, 5.74) is -6.14. The molecule has 0 heterocycles. The summed E-state index contributed by atoms with van der Waals surface area (Å²) in [7, 11) is 0. The van der Waals surface area contributed by atoms with Crippen molar-refractivity contribution >= 4 is 5.91 Å². The molecule has 1 atom stereocenters. The molecule has 0 spiro atoms. The number of benzene rings is 3. The van der Waals surface area contributed by atoms with Crippen LogP contribution in [0.1, 0.15) is 29.5 Å². The normalized spacial score (nSPS) is 15.6. The molecule has 4 nitrogen and oxygen atoms in total. The van der Waals surface area contributed by atoms with Gasteiger partial charge in [0.1, 0.15) is 17.4 Å². The molecule has 3 aromatic rings. The number of hydrogen-bond donors (Lipinski definition) is 1. The van der Waals surface area contributed by atoms with Crippen molar-refractivity contribution in [2.45, 2.75) is 49.9 Å². The van der Waals surface area contributed by atoms with Gasteiger partial charge < -0.3 is 14.8 Å². The molecule has 0 radical (unpaired) electrons. The van der Waals surface area contributed by atoms with Crippen LogP contribution in [-0.4, -0.2) is 31.0 Å².